The van der Waals surface area contributed by atoms with Crippen molar-refractivity contribution in [2.45, 2.75) is 39.5 Å². The number of hydrogen-bond acceptors (Lipinski definition) is 2. The number of hydrogen-bond donors (Lipinski definition) is 0. The van der Waals surface area contributed by atoms with E-state index in [-0.39, 0.29) is 17.7 Å². The van der Waals surface area contributed by atoms with Gasteiger partial charge in [0.1, 0.15) is 0 Å². The second-order valence-electron chi connectivity index (χ2n) is 5.77. The molecule has 0 aromatic heterocycles. The molecule has 102 valence electrons. The molecule has 4 nitrogen and oxygen atoms in total. The van der Waals surface area contributed by atoms with Crippen LogP contribution >= 0.6 is 0 Å². The lowest BCUT2D eigenvalue weighted by atomic mass is 9.98. The second-order valence-corrected chi connectivity index (χ2v) is 5.77. The zero-order chi connectivity index (χ0) is 13.1. The standard InChI is InChI=1S/C14H24N2O2/c1-3-6-15-10-12(8-13(15)17)14(18)16-7-4-5-11(2)9-16/h11-12H,3-10H2,1-2H3. The van der Waals surface area contributed by atoms with Crippen LogP contribution < -0.4 is 0 Å². The lowest BCUT2D eigenvalue weighted by Gasteiger charge is -2.32. The monoisotopic (exact) mass is 252 g/mol. The summed E-state index contributed by atoms with van der Waals surface area (Å²) in [6.45, 7) is 7.44. The highest BCUT2D eigenvalue weighted by Crippen LogP contribution is 2.23. The molecule has 2 fully saturated rings. The number of carbonyl (C=O) groups is 2. The fraction of sp³-hybridized carbons (Fsp3) is 0.857. The third-order valence-electron chi connectivity index (χ3n) is 4.03. The lowest BCUT2D eigenvalue weighted by Crippen LogP contribution is -2.43. The van der Waals surface area contributed by atoms with Gasteiger partial charge >= 0.3 is 0 Å². The van der Waals surface area contributed by atoms with Gasteiger partial charge in [-0.15, -0.1) is 0 Å². The molecule has 2 amide bonds. The van der Waals surface area contributed by atoms with E-state index in [1.807, 2.05) is 9.80 Å². The maximum Gasteiger partial charge on any atom is 0.228 e. The molecule has 0 saturated carbocycles. The quantitative estimate of drug-likeness (QED) is 0.764. The van der Waals surface area contributed by atoms with E-state index in [0.717, 1.165) is 32.5 Å². The van der Waals surface area contributed by atoms with Gasteiger partial charge in [-0.25, -0.2) is 0 Å². The Morgan fingerprint density at radius 3 is 2.83 bits per heavy atom. The Morgan fingerprint density at radius 2 is 2.17 bits per heavy atom. The fourth-order valence-corrected chi connectivity index (χ4v) is 3.07. The molecule has 2 heterocycles. The van der Waals surface area contributed by atoms with Crippen LogP contribution in [0.5, 0.6) is 0 Å². The third-order valence-corrected chi connectivity index (χ3v) is 4.03. The predicted octanol–water partition coefficient (Wildman–Crippen LogP) is 1.50. The molecule has 0 aromatic carbocycles. The maximum absolute atomic E-state index is 12.4. The molecule has 2 unspecified atom stereocenters. The molecule has 0 bridgehead atoms. The minimum Gasteiger partial charge on any atom is -0.342 e. The third kappa shape index (κ3) is 2.85. The van der Waals surface area contributed by atoms with Crippen molar-refractivity contribution in [3.63, 3.8) is 0 Å². The van der Waals surface area contributed by atoms with Crippen molar-refractivity contribution in [1.29, 1.82) is 0 Å². The normalized spacial score (nSPS) is 28.9. The van der Waals surface area contributed by atoms with Crippen LogP contribution in [-0.2, 0) is 9.59 Å². The molecule has 0 N–H and O–H groups in total. The molecule has 2 aliphatic rings. The minimum absolute atomic E-state index is 0.0886. The van der Waals surface area contributed by atoms with Crippen LogP contribution in [0.25, 0.3) is 0 Å². The number of carbonyl (C=O) groups excluding carboxylic acids is 2. The highest BCUT2D eigenvalue weighted by molar-refractivity contribution is 5.89. The van der Waals surface area contributed by atoms with Gasteiger partial charge in [0.05, 0.1) is 5.92 Å². The lowest BCUT2D eigenvalue weighted by molar-refractivity contribution is -0.137. The fourth-order valence-electron chi connectivity index (χ4n) is 3.07. The predicted molar refractivity (Wildman–Crippen MR) is 70.0 cm³/mol. The zero-order valence-corrected chi connectivity index (χ0v) is 11.5. The Morgan fingerprint density at radius 1 is 1.39 bits per heavy atom. The van der Waals surface area contributed by atoms with Crippen LogP contribution in [0.15, 0.2) is 0 Å². The number of amides is 2. The van der Waals surface area contributed by atoms with Gasteiger partial charge in [0.2, 0.25) is 11.8 Å². The largest absolute Gasteiger partial charge is 0.342 e. The van der Waals surface area contributed by atoms with Gasteiger partial charge in [0, 0.05) is 32.6 Å². The van der Waals surface area contributed by atoms with Gasteiger partial charge in [0.25, 0.3) is 0 Å². The van der Waals surface area contributed by atoms with Crippen LogP contribution in [0.4, 0.5) is 0 Å². The average molecular weight is 252 g/mol. The summed E-state index contributed by atoms with van der Waals surface area (Å²) in [6.07, 6.45) is 3.71. The van der Waals surface area contributed by atoms with Crippen molar-refractivity contribution in [1.82, 2.24) is 9.80 Å². The van der Waals surface area contributed by atoms with E-state index in [0.29, 0.717) is 18.9 Å². The molecule has 2 aliphatic heterocycles. The van der Waals surface area contributed by atoms with E-state index in [2.05, 4.69) is 13.8 Å². The van der Waals surface area contributed by atoms with Gasteiger partial charge in [-0.1, -0.05) is 13.8 Å². The van der Waals surface area contributed by atoms with Gasteiger partial charge in [-0.3, -0.25) is 9.59 Å². The topological polar surface area (TPSA) is 40.6 Å². The SMILES string of the molecule is CCCN1CC(C(=O)N2CCCC(C)C2)CC1=O. The summed E-state index contributed by atoms with van der Waals surface area (Å²) < 4.78 is 0. The van der Waals surface area contributed by atoms with E-state index < -0.39 is 0 Å². The highest BCUT2D eigenvalue weighted by atomic mass is 16.2. The van der Waals surface area contributed by atoms with Crippen molar-refractivity contribution < 1.29 is 9.59 Å². The molecule has 0 aliphatic carbocycles. The highest BCUT2D eigenvalue weighted by Gasteiger charge is 2.36. The summed E-state index contributed by atoms with van der Waals surface area (Å²) in [5, 5.41) is 0. The summed E-state index contributed by atoms with van der Waals surface area (Å²) in [6, 6.07) is 0. The maximum atomic E-state index is 12.4. The second kappa shape index (κ2) is 5.72. The molecule has 2 atom stereocenters. The molecule has 0 spiro atoms. The summed E-state index contributed by atoms with van der Waals surface area (Å²) in [4.78, 5) is 28.0. The van der Waals surface area contributed by atoms with Crippen LogP contribution in [0.3, 0.4) is 0 Å². The molecular formula is C14H24N2O2. The molecule has 18 heavy (non-hydrogen) atoms. The van der Waals surface area contributed by atoms with Crippen LogP contribution in [0.1, 0.15) is 39.5 Å². The Bertz CT molecular complexity index is 330. The first-order chi connectivity index (χ1) is 8.61. The number of piperidine rings is 1. The number of rotatable bonds is 3. The first-order valence-electron chi connectivity index (χ1n) is 7.18. The zero-order valence-electron chi connectivity index (χ0n) is 11.5. The van der Waals surface area contributed by atoms with E-state index in [4.69, 9.17) is 0 Å². The number of likely N-dealkylation sites (tertiary alicyclic amines) is 2. The van der Waals surface area contributed by atoms with Crippen LogP contribution in [0, 0.1) is 11.8 Å². The molecule has 0 radical (unpaired) electrons. The van der Waals surface area contributed by atoms with Gasteiger partial charge in [-0.2, -0.15) is 0 Å². The van der Waals surface area contributed by atoms with Crippen LogP contribution in [-0.4, -0.2) is 47.8 Å². The Balaban J connectivity index is 1.92. The van der Waals surface area contributed by atoms with Gasteiger partial charge in [-0.05, 0) is 25.2 Å². The van der Waals surface area contributed by atoms with Crippen LogP contribution in [0.2, 0.25) is 0 Å². The molecule has 2 saturated heterocycles. The smallest absolute Gasteiger partial charge is 0.228 e. The van der Waals surface area contributed by atoms with Crippen molar-refractivity contribution in [3.05, 3.63) is 0 Å². The van der Waals surface area contributed by atoms with E-state index in [9.17, 15) is 9.59 Å². The summed E-state index contributed by atoms with van der Waals surface area (Å²) >= 11 is 0. The first-order valence-corrected chi connectivity index (χ1v) is 7.18. The Hall–Kier alpha value is -1.06. The summed E-state index contributed by atoms with van der Waals surface area (Å²) in [5.41, 5.74) is 0. The van der Waals surface area contributed by atoms with E-state index in [1.165, 1.54) is 6.42 Å². The average Bonchev–Trinajstić information content (AvgIpc) is 2.71. The number of nitrogens with zero attached hydrogens (tertiary/aromatic N) is 2. The van der Waals surface area contributed by atoms with Crippen molar-refractivity contribution >= 4 is 11.8 Å². The summed E-state index contributed by atoms with van der Waals surface area (Å²) in [7, 11) is 0. The first kappa shape index (κ1) is 13.4. The molecular weight excluding hydrogens is 228 g/mol. The van der Waals surface area contributed by atoms with Crippen molar-refractivity contribution in [2.24, 2.45) is 11.8 Å². The summed E-state index contributed by atoms with van der Waals surface area (Å²) in [5.74, 6) is 0.870. The molecule has 2 rings (SSSR count). The minimum atomic E-state index is -0.0886. The van der Waals surface area contributed by atoms with E-state index >= 15 is 0 Å². The molecule has 4 heteroatoms. The van der Waals surface area contributed by atoms with E-state index in [1.54, 1.807) is 0 Å². The van der Waals surface area contributed by atoms with Gasteiger partial charge in [0.15, 0.2) is 0 Å². The molecule has 0 aromatic rings. The Labute approximate surface area is 109 Å². The van der Waals surface area contributed by atoms with Crippen molar-refractivity contribution in [2.75, 3.05) is 26.2 Å². The van der Waals surface area contributed by atoms with Crippen molar-refractivity contribution in [3.8, 4) is 0 Å². The van der Waals surface area contributed by atoms with Gasteiger partial charge < -0.3 is 9.80 Å². The Kier molecular flexibility index (Phi) is 4.25.